The van der Waals surface area contributed by atoms with E-state index in [9.17, 15) is 0 Å². The van der Waals surface area contributed by atoms with Gasteiger partial charge in [0.15, 0.2) is 5.82 Å². The van der Waals surface area contributed by atoms with Gasteiger partial charge in [-0.2, -0.15) is 5.10 Å². The highest BCUT2D eigenvalue weighted by Crippen LogP contribution is 2.41. The first-order valence-electron chi connectivity index (χ1n) is 7.44. The summed E-state index contributed by atoms with van der Waals surface area (Å²) in [6.07, 6.45) is 1.73. The maximum atomic E-state index is 6.40. The molecule has 0 aromatic carbocycles. The van der Waals surface area contributed by atoms with Crippen molar-refractivity contribution >= 4 is 55.1 Å². The van der Waals surface area contributed by atoms with Crippen LogP contribution in [0.1, 0.15) is 17.0 Å². The van der Waals surface area contributed by atoms with E-state index < -0.39 is 0 Å². The van der Waals surface area contributed by atoms with E-state index in [2.05, 4.69) is 25.4 Å². The predicted molar refractivity (Wildman–Crippen MR) is 98.4 cm³/mol. The molecule has 1 N–H and O–H groups in total. The van der Waals surface area contributed by atoms with Gasteiger partial charge in [0, 0.05) is 24.3 Å². The predicted octanol–water partition coefficient (Wildman–Crippen LogP) is 4.30. The zero-order valence-corrected chi connectivity index (χ0v) is 15.2. The highest BCUT2D eigenvalue weighted by atomic mass is 35.5. The molecular weight excluding hydrogens is 344 g/mol. The molecule has 6 nitrogen and oxygen atoms in total. The lowest BCUT2D eigenvalue weighted by Gasteiger charge is -2.04. The molecule has 0 fully saturated rings. The minimum Gasteiger partial charge on any atom is -0.306 e. The number of nitrogens with one attached hydrogen (secondary N) is 1. The number of nitrogens with zero attached hydrogens (tertiary/aromatic N) is 5. The van der Waals surface area contributed by atoms with Crippen LogP contribution in [-0.4, -0.2) is 24.7 Å². The number of thiophene rings is 1. The Bertz CT molecular complexity index is 1100. The number of anilines is 2. The van der Waals surface area contributed by atoms with Crippen LogP contribution < -0.4 is 5.32 Å². The SMILES string of the molecule is Cc1ccnc(Nc2nn(C)c3c2sc2nc(C)c(Cl)c(C)c23)n1. The second-order valence-electron chi connectivity index (χ2n) is 5.71. The number of halogens is 1. The molecule has 0 aliphatic heterocycles. The molecule has 4 heterocycles. The molecule has 4 rings (SSSR count). The number of hydrogen-bond acceptors (Lipinski definition) is 6. The second kappa shape index (κ2) is 5.39. The Balaban J connectivity index is 1.95. The molecule has 8 heteroatoms. The van der Waals surface area contributed by atoms with Crippen molar-refractivity contribution in [1.29, 1.82) is 0 Å². The number of pyridine rings is 1. The van der Waals surface area contributed by atoms with Gasteiger partial charge in [0.1, 0.15) is 4.83 Å². The Morgan fingerprint density at radius 2 is 2.00 bits per heavy atom. The molecule has 0 saturated heterocycles. The molecule has 122 valence electrons. The minimum absolute atomic E-state index is 0.534. The third-order valence-corrected chi connectivity index (χ3v) is 5.61. The van der Waals surface area contributed by atoms with E-state index in [-0.39, 0.29) is 0 Å². The molecule has 0 radical (unpaired) electrons. The van der Waals surface area contributed by atoms with Crippen LogP contribution in [0.15, 0.2) is 12.3 Å². The van der Waals surface area contributed by atoms with Crippen LogP contribution in [-0.2, 0) is 7.05 Å². The first-order chi connectivity index (χ1) is 11.5. The van der Waals surface area contributed by atoms with Gasteiger partial charge in [0.2, 0.25) is 5.95 Å². The number of fused-ring (bicyclic) bond motifs is 3. The van der Waals surface area contributed by atoms with Gasteiger partial charge in [-0.1, -0.05) is 11.6 Å². The van der Waals surface area contributed by atoms with Crippen LogP contribution in [0.25, 0.3) is 20.4 Å². The maximum absolute atomic E-state index is 6.40. The van der Waals surface area contributed by atoms with Gasteiger partial charge in [0.25, 0.3) is 0 Å². The van der Waals surface area contributed by atoms with Gasteiger partial charge in [-0.3, -0.25) is 4.68 Å². The van der Waals surface area contributed by atoms with Crippen molar-refractivity contribution in [3.05, 3.63) is 34.2 Å². The van der Waals surface area contributed by atoms with Crippen LogP contribution >= 0.6 is 22.9 Å². The second-order valence-corrected chi connectivity index (χ2v) is 7.09. The van der Waals surface area contributed by atoms with Crippen molar-refractivity contribution in [2.75, 3.05) is 5.32 Å². The van der Waals surface area contributed by atoms with E-state index in [1.54, 1.807) is 17.5 Å². The smallest absolute Gasteiger partial charge is 0.228 e. The number of rotatable bonds is 2. The van der Waals surface area contributed by atoms with Gasteiger partial charge >= 0.3 is 0 Å². The molecule has 4 aromatic heterocycles. The highest BCUT2D eigenvalue weighted by molar-refractivity contribution is 7.26. The highest BCUT2D eigenvalue weighted by Gasteiger charge is 2.20. The normalized spacial score (nSPS) is 11.5. The Morgan fingerprint density at radius 1 is 1.21 bits per heavy atom. The average Bonchev–Trinajstić information content (AvgIpc) is 3.04. The van der Waals surface area contributed by atoms with Crippen LogP contribution in [0, 0.1) is 20.8 Å². The summed E-state index contributed by atoms with van der Waals surface area (Å²) in [5.41, 5.74) is 3.80. The van der Waals surface area contributed by atoms with E-state index in [1.807, 2.05) is 38.6 Å². The summed E-state index contributed by atoms with van der Waals surface area (Å²) in [7, 11) is 1.92. The van der Waals surface area contributed by atoms with Crippen molar-refractivity contribution in [1.82, 2.24) is 24.7 Å². The third-order valence-electron chi connectivity index (χ3n) is 3.97. The first kappa shape index (κ1) is 15.3. The summed E-state index contributed by atoms with van der Waals surface area (Å²) in [5.74, 6) is 1.26. The number of aryl methyl sites for hydroxylation is 4. The number of hydrogen-bond donors (Lipinski definition) is 1. The summed E-state index contributed by atoms with van der Waals surface area (Å²) < 4.78 is 2.88. The van der Waals surface area contributed by atoms with Crippen LogP contribution in [0.3, 0.4) is 0 Å². The standard InChI is InChI=1S/C16H15ClN6S/c1-7-5-6-18-16(19-7)21-14-13-12(23(4)22-14)10-8(2)11(17)9(3)20-15(10)24-13/h5-6H,1-4H3,(H,18,19,21,22). The summed E-state index contributed by atoms with van der Waals surface area (Å²) in [6.45, 7) is 5.88. The minimum atomic E-state index is 0.534. The monoisotopic (exact) mass is 358 g/mol. The summed E-state index contributed by atoms with van der Waals surface area (Å²) >= 11 is 8.00. The summed E-state index contributed by atoms with van der Waals surface area (Å²) in [4.78, 5) is 14.2. The van der Waals surface area contributed by atoms with Crippen LogP contribution in [0.5, 0.6) is 0 Å². The lowest BCUT2D eigenvalue weighted by molar-refractivity contribution is 0.802. The van der Waals surface area contributed by atoms with E-state index in [0.717, 1.165) is 43.2 Å². The quantitative estimate of drug-likeness (QED) is 0.578. The van der Waals surface area contributed by atoms with Gasteiger partial charge in [-0.25, -0.2) is 15.0 Å². The first-order valence-corrected chi connectivity index (χ1v) is 8.63. The van der Waals surface area contributed by atoms with Gasteiger partial charge in [-0.15, -0.1) is 11.3 Å². The molecule has 0 atom stereocenters. The van der Waals surface area contributed by atoms with Crippen molar-refractivity contribution < 1.29 is 0 Å². The topological polar surface area (TPSA) is 68.5 Å². The van der Waals surface area contributed by atoms with Crippen LogP contribution in [0.4, 0.5) is 11.8 Å². The lowest BCUT2D eigenvalue weighted by atomic mass is 10.1. The Hall–Kier alpha value is -2.25. The lowest BCUT2D eigenvalue weighted by Crippen LogP contribution is -1.99. The number of aromatic nitrogens is 5. The van der Waals surface area contributed by atoms with Crippen molar-refractivity contribution in [2.24, 2.45) is 7.05 Å². The van der Waals surface area contributed by atoms with E-state index >= 15 is 0 Å². The van der Waals surface area contributed by atoms with E-state index in [0.29, 0.717) is 11.0 Å². The van der Waals surface area contributed by atoms with Crippen LogP contribution in [0.2, 0.25) is 5.02 Å². The Kier molecular flexibility index (Phi) is 3.43. The van der Waals surface area contributed by atoms with E-state index in [1.165, 1.54) is 0 Å². The largest absolute Gasteiger partial charge is 0.306 e. The zero-order valence-electron chi connectivity index (χ0n) is 13.7. The van der Waals surface area contributed by atoms with Gasteiger partial charge in [0.05, 0.1) is 20.9 Å². The molecule has 4 aromatic rings. The van der Waals surface area contributed by atoms with E-state index in [4.69, 9.17) is 11.6 Å². The van der Waals surface area contributed by atoms with Gasteiger partial charge < -0.3 is 5.32 Å². The molecular formula is C16H15ClN6S. The average molecular weight is 359 g/mol. The molecule has 0 bridgehead atoms. The molecule has 0 unspecified atom stereocenters. The van der Waals surface area contributed by atoms with Crippen molar-refractivity contribution in [2.45, 2.75) is 20.8 Å². The van der Waals surface area contributed by atoms with Gasteiger partial charge in [-0.05, 0) is 32.4 Å². The molecule has 0 aliphatic carbocycles. The van der Waals surface area contributed by atoms with Crippen molar-refractivity contribution in [3.63, 3.8) is 0 Å². The molecule has 0 spiro atoms. The fourth-order valence-corrected chi connectivity index (χ4v) is 4.21. The van der Waals surface area contributed by atoms with Crippen molar-refractivity contribution in [3.8, 4) is 0 Å². The summed E-state index contributed by atoms with van der Waals surface area (Å²) in [5, 5.41) is 9.56. The fourth-order valence-electron chi connectivity index (χ4n) is 2.82. The molecule has 24 heavy (non-hydrogen) atoms. The zero-order chi connectivity index (χ0) is 17.0. The fraction of sp³-hybridized carbons (Fsp3) is 0.250. The summed E-state index contributed by atoms with van der Waals surface area (Å²) in [6, 6.07) is 1.86. The maximum Gasteiger partial charge on any atom is 0.228 e. The molecule has 0 aliphatic rings. The Labute approximate surface area is 147 Å². The molecule has 0 amide bonds. The third kappa shape index (κ3) is 2.23. The Morgan fingerprint density at radius 3 is 2.75 bits per heavy atom. The molecule has 0 saturated carbocycles.